The molecule has 0 unspecified atom stereocenters. The zero-order chi connectivity index (χ0) is 91.1. The van der Waals surface area contributed by atoms with Crippen molar-refractivity contribution >= 4 is 76.4 Å². The van der Waals surface area contributed by atoms with E-state index in [9.17, 15) is 75.7 Å². The number of likely N-dealkylation sites (N-methyl/N-ethyl adjacent to an activating group) is 1. The number of fused-ring (bicyclic) bond motifs is 14. The molecular formula is C87H98Cl2N10O28. The maximum absolute atomic E-state index is 16.8. The van der Waals surface area contributed by atoms with Crippen LogP contribution in [0.2, 0.25) is 10.0 Å². The fourth-order valence-corrected chi connectivity index (χ4v) is 16.2. The van der Waals surface area contributed by atoms with Crippen molar-refractivity contribution in [3.8, 4) is 80.1 Å². The molecule has 678 valence electrons. The van der Waals surface area contributed by atoms with Gasteiger partial charge in [-0.3, -0.25) is 38.4 Å². The van der Waals surface area contributed by atoms with E-state index in [0.29, 0.717) is 24.9 Å². The van der Waals surface area contributed by atoms with Gasteiger partial charge in [0.05, 0.1) is 16.7 Å². The first-order valence-corrected chi connectivity index (χ1v) is 41.9. The summed E-state index contributed by atoms with van der Waals surface area (Å²) in [7, 11) is 4.95. The number of nitrogens with zero attached hydrogens (tertiary/aromatic N) is 1. The number of nitrogens with one attached hydrogen (secondary N) is 9. The van der Waals surface area contributed by atoms with E-state index in [-0.39, 0.29) is 47.8 Å². The summed E-state index contributed by atoms with van der Waals surface area (Å²) in [5.41, 5.74) is -2.67. The summed E-state index contributed by atoms with van der Waals surface area (Å²) in [5.74, 6) is -18.0. The Kier molecular flexibility index (Phi) is 29.5. The molecule has 21 N–H and O–H groups in total. The molecular weight excluding hydrogens is 1700 g/mol. The molecule has 0 aromatic heterocycles. The number of aliphatic hydroxyl groups is 7. The van der Waals surface area contributed by atoms with Gasteiger partial charge in [-0.05, 0) is 147 Å². The van der Waals surface area contributed by atoms with Gasteiger partial charge in [-0.15, -0.1) is 0 Å². The van der Waals surface area contributed by atoms with E-state index in [4.69, 9.17) is 56.4 Å². The molecule has 18 atom stereocenters. The number of aromatic hydroxyl groups is 4. The number of benzene rings is 7. The van der Waals surface area contributed by atoms with Gasteiger partial charge in [0, 0.05) is 48.2 Å². The second-order valence-electron chi connectivity index (χ2n) is 31.9. The molecule has 0 aliphatic carbocycles. The smallest absolute Gasteiger partial charge is 0.335 e. The monoisotopic (exact) mass is 1800 g/mol. The third kappa shape index (κ3) is 20.9. The van der Waals surface area contributed by atoms with Crippen molar-refractivity contribution in [1.82, 2.24) is 52.8 Å². The Morgan fingerprint density at radius 2 is 1.20 bits per heavy atom. The number of hydrogen-bond donors (Lipinski definition) is 21. The van der Waals surface area contributed by atoms with Gasteiger partial charge in [-0.2, -0.15) is 0 Å². The quantitative estimate of drug-likeness (QED) is 0.0428. The number of aliphatic hydroxyl groups excluding tert-OH is 7. The average Bonchev–Trinajstić information content (AvgIpc) is 0.744. The van der Waals surface area contributed by atoms with E-state index >= 15 is 28.8 Å². The fourth-order valence-electron chi connectivity index (χ4n) is 15.8. The summed E-state index contributed by atoms with van der Waals surface area (Å²) in [4.78, 5) is 140. The molecule has 8 amide bonds. The summed E-state index contributed by atoms with van der Waals surface area (Å²) >= 11 is 14.3. The maximum atomic E-state index is 16.8. The Bertz CT molecular complexity index is 5300. The first-order valence-electron chi connectivity index (χ1n) is 41.1. The number of phenolic OH excluding ortho intramolecular Hbond substituents is 4. The Labute approximate surface area is 735 Å². The molecule has 0 saturated carbocycles. The van der Waals surface area contributed by atoms with E-state index in [2.05, 4.69) is 54.8 Å². The highest BCUT2D eigenvalue weighted by molar-refractivity contribution is 6.33. The van der Waals surface area contributed by atoms with E-state index < -0.39 is 271 Å². The molecule has 8 aliphatic heterocycles. The Hall–Kier alpha value is -11.9. The molecule has 8 aliphatic rings. The first kappa shape index (κ1) is 92.8. The van der Waals surface area contributed by atoms with Crippen molar-refractivity contribution in [2.45, 2.75) is 187 Å². The summed E-state index contributed by atoms with van der Waals surface area (Å²) in [5, 5.41) is 161. The number of ether oxygens (including phenoxy) is 7. The van der Waals surface area contributed by atoms with Gasteiger partial charge < -0.3 is 147 Å². The van der Waals surface area contributed by atoms with Crippen LogP contribution in [0.15, 0.2) is 115 Å². The van der Waals surface area contributed by atoms with Gasteiger partial charge in [0.25, 0.3) is 0 Å². The van der Waals surface area contributed by atoms with Crippen LogP contribution in [0.1, 0.15) is 146 Å². The number of phenols is 4. The predicted octanol–water partition coefficient (Wildman–Crippen LogP) is 3.92. The summed E-state index contributed by atoms with van der Waals surface area (Å²) in [6.07, 6.45) is -14.7. The molecule has 0 radical (unpaired) electrons. The van der Waals surface area contributed by atoms with Crippen LogP contribution in [0.25, 0.3) is 11.1 Å². The van der Waals surface area contributed by atoms with Gasteiger partial charge >= 0.3 is 5.97 Å². The van der Waals surface area contributed by atoms with Crippen LogP contribution >= 0.6 is 23.2 Å². The number of halogens is 2. The topological polar surface area (TPSA) is 573 Å². The minimum Gasteiger partial charge on any atom is -0.508 e. The van der Waals surface area contributed by atoms with Crippen molar-refractivity contribution in [2.24, 2.45) is 0 Å². The third-order valence-electron chi connectivity index (χ3n) is 22.6. The standard InChI is InChI=1S/C87H98Cl2N10O28/c1-5-6-7-8-9-10-11-12-14-60(105)93-69-72(108)74(110)77(85(119)120)127-86(69)126-76-57-31-42-32-58(76)123-54-24-19-41(29-49(54)88)70(106)68-84(118)97-66(79(113)91-25-13-26-99(3)4)47-33-43(101)34-56(124-87-75(111)73(109)71(107)59(37-100)125-87)61(47)46-28-39(17-22-51(46)102)64(81(115)98-68)94-82(116)65(42)95-83(117)67-48-35-45(36-53(104)62(48)89)122-55-30-40(18-23-52(55)103)63(90-2)80(114)92-50(78(112)96-67)27-38-15-20-44(121-57)21-16-38/h15-24,28-36,50,59,63-75,77,86-87,90,100-104,106-111H,5-14,25-27,37H2,1-4H3,(H,91,113)(H,92,114)(H,93,105)(H,94,116)(H,95,117)(H,96,112)(H,97,118)(H,98,115)(H,119,120)/t50-,59-,63-,64-,65-,66+,67+,68+,69-,70-,71-,72-,73+,74+,75+,77+,86-,87+/m1/s1. The lowest BCUT2D eigenvalue weighted by Crippen LogP contribution is -2.66. The molecule has 7 aromatic carbocycles. The van der Waals surface area contributed by atoms with Crippen LogP contribution in [0.4, 0.5) is 0 Å². The Morgan fingerprint density at radius 3 is 1.89 bits per heavy atom. The highest BCUT2D eigenvalue weighted by Gasteiger charge is 2.52. The van der Waals surface area contributed by atoms with Crippen molar-refractivity contribution in [3.05, 3.63) is 164 Å². The van der Waals surface area contributed by atoms with Crippen LogP contribution in [0.3, 0.4) is 0 Å². The zero-order valence-corrected chi connectivity index (χ0v) is 70.4. The number of carboxylic acid groups (broad SMARTS) is 1. The lowest BCUT2D eigenvalue weighted by atomic mass is 9.89. The van der Waals surface area contributed by atoms with Crippen LogP contribution in [0, 0.1) is 0 Å². The van der Waals surface area contributed by atoms with E-state index in [0.717, 1.165) is 111 Å². The molecule has 0 spiro atoms. The summed E-state index contributed by atoms with van der Waals surface area (Å²) in [6, 6.07) is 5.68. The fraction of sp³-hybridized carbons (Fsp3) is 0.414. The Balaban J connectivity index is 1.05. The molecule has 15 rings (SSSR count). The Morgan fingerprint density at radius 1 is 0.551 bits per heavy atom. The van der Waals surface area contributed by atoms with Crippen LogP contribution in [-0.2, 0) is 59.0 Å². The maximum Gasteiger partial charge on any atom is 0.335 e. The largest absolute Gasteiger partial charge is 0.508 e. The summed E-state index contributed by atoms with van der Waals surface area (Å²) in [6.45, 7) is 1.44. The second-order valence-corrected chi connectivity index (χ2v) is 32.7. The lowest BCUT2D eigenvalue weighted by molar-refractivity contribution is -0.277. The van der Waals surface area contributed by atoms with E-state index in [1.165, 1.54) is 49.5 Å². The summed E-state index contributed by atoms with van der Waals surface area (Å²) < 4.78 is 44.5. The van der Waals surface area contributed by atoms with E-state index in [1.807, 2.05) is 0 Å². The van der Waals surface area contributed by atoms with Crippen LogP contribution < -0.4 is 71.5 Å². The zero-order valence-electron chi connectivity index (χ0n) is 68.9. The molecule has 40 heteroatoms. The van der Waals surface area contributed by atoms with Gasteiger partial charge in [0.2, 0.25) is 65.6 Å². The van der Waals surface area contributed by atoms with Gasteiger partial charge in [0.15, 0.2) is 29.1 Å². The highest BCUT2D eigenvalue weighted by atomic mass is 35.5. The lowest BCUT2D eigenvalue weighted by Gasteiger charge is -2.41. The van der Waals surface area contributed by atoms with Crippen molar-refractivity contribution in [1.29, 1.82) is 0 Å². The normalized spacial score (nSPS) is 25.9. The molecule has 38 nitrogen and oxygen atoms in total. The molecule has 127 heavy (non-hydrogen) atoms. The number of rotatable bonds is 22. The minimum atomic E-state index is -2.45. The number of carboxylic acids is 1. The number of carbonyl (C=O) groups excluding carboxylic acids is 8. The third-order valence-corrected chi connectivity index (χ3v) is 23.3. The first-order chi connectivity index (χ1) is 60.7. The average molecular weight is 1800 g/mol. The number of hydrogen-bond acceptors (Lipinski definition) is 29. The van der Waals surface area contributed by atoms with Gasteiger partial charge in [-0.1, -0.05) is 105 Å². The second kappa shape index (κ2) is 40.4. The number of carbonyl (C=O) groups is 9. The van der Waals surface area contributed by atoms with Gasteiger partial charge in [0.1, 0.15) is 131 Å². The van der Waals surface area contributed by atoms with Crippen molar-refractivity contribution in [3.63, 3.8) is 0 Å². The number of unbranched alkanes of at least 4 members (excludes halogenated alkanes) is 7. The molecule has 2 fully saturated rings. The SMILES string of the molecule is CCCCCCCCCCC(=O)N[C@H]1[C@H](Oc2c3cc4cc2Oc2ccc(cc2Cl)[C@@H](O)[C@@H]2NC(=O)[C@H](NC(=O)[C@@H]4NC(=O)[C@H]4NC(=O)[C@@H](Cc5ccc(cc5)O3)NC(=O)[C@H](NC)c3ccc(O)c(c3)Oc3cc(O)c(Cl)c4c3)c3ccc(O)c(c3)-c3c(O[C@H]4O[C@H](CO)[C@@H](O)[C@H](O)[C@@H]4O)cc(O)cc3[C@@H](C(=O)NCCCN(C)C)NC2=O)O[C@H](C(=O)O)[C@@H](O)[C@@H]1O. The number of aliphatic carboxylic acids is 1. The molecule has 8 heterocycles. The highest BCUT2D eigenvalue weighted by Crippen LogP contribution is 2.51. The van der Waals surface area contributed by atoms with Crippen molar-refractivity contribution < 1.29 is 138 Å². The molecule has 7 aromatic rings. The predicted molar refractivity (Wildman–Crippen MR) is 448 cm³/mol. The van der Waals surface area contributed by atoms with Crippen LogP contribution in [0.5, 0.6) is 69.0 Å². The van der Waals surface area contributed by atoms with E-state index in [1.54, 1.807) is 19.0 Å². The van der Waals surface area contributed by atoms with Gasteiger partial charge in [-0.25, -0.2) is 4.79 Å². The number of amides is 8. The minimum absolute atomic E-state index is 0.0939. The van der Waals surface area contributed by atoms with Crippen molar-refractivity contribution in [2.75, 3.05) is 40.8 Å². The van der Waals surface area contributed by atoms with Crippen LogP contribution in [-0.4, -0.2) is 234 Å². The molecule has 17 bridgehead atoms. The molecule has 2 saturated heterocycles.